The van der Waals surface area contributed by atoms with E-state index in [-0.39, 0.29) is 10.9 Å². The lowest BCUT2D eigenvalue weighted by atomic mass is 10.2. The molecule has 0 aromatic heterocycles. The van der Waals surface area contributed by atoms with Gasteiger partial charge >= 0.3 is 0 Å². The monoisotopic (exact) mass is 257 g/mol. The van der Waals surface area contributed by atoms with E-state index in [1.807, 2.05) is 13.0 Å². The van der Waals surface area contributed by atoms with Gasteiger partial charge in [0.15, 0.2) is 0 Å². The molecule has 0 saturated carbocycles. The fourth-order valence-electron chi connectivity index (χ4n) is 1.68. The van der Waals surface area contributed by atoms with Gasteiger partial charge in [-0.2, -0.15) is 0 Å². The fourth-order valence-corrected chi connectivity index (χ4v) is 3.04. The normalized spacial score (nSPS) is 15.5. The van der Waals surface area contributed by atoms with Crippen molar-refractivity contribution in [1.82, 2.24) is 4.72 Å². The first-order valence-electron chi connectivity index (χ1n) is 5.58. The van der Waals surface area contributed by atoms with Crippen LogP contribution in [0.15, 0.2) is 29.2 Å². The standard InChI is InChI=1S/C12H19NO3S/c1-9-5-4-6-12(7-9)17(15,16)13-10(2)8-11(3)14/h4-7,10-11,13-14H,8H2,1-3H3. The van der Waals surface area contributed by atoms with Crippen LogP contribution in [0.3, 0.4) is 0 Å². The summed E-state index contributed by atoms with van der Waals surface area (Å²) in [6.45, 7) is 5.22. The van der Waals surface area contributed by atoms with Crippen LogP contribution in [0.4, 0.5) is 0 Å². The Bertz CT molecular complexity index is 468. The first-order valence-corrected chi connectivity index (χ1v) is 7.06. The van der Waals surface area contributed by atoms with E-state index in [2.05, 4.69) is 4.72 Å². The highest BCUT2D eigenvalue weighted by Crippen LogP contribution is 2.12. The maximum atomic E-state index is 12.0. The Morgan fingerprint density at radius 3 is 2.53 bits per heavy atom. The molecule has 0 saturated heterocycles. The molecule has 0 heterocycles. The average molecular weight is 257 g/mol. The Morgan fingerprint density at radius 2 is 2.00 bits per heavy atom. The largest absolute Gasteiger partial charge is 0.393 e. The van der Waals surface area contributed by atoms with Gasteiger partial charge in [-0.3, -0.25) is 0 Å². The molecule has 4 nitrogen and oxygen atoms in total. The lowest BCUT2D eigenvalue weighted by Gasteiger charge is -2.15. The van der Waals surface area contributed by atoms with E-state index in [1.54, 1.807) is 32.0 Å². The molecule has 0 aliphatic rings. The highest BCUT2D eigenvalue weighted by atomic mass is 32.2. The Kier molecular flexibility index (Phi) is 4.68. The topological polar surface area (TPSA) is 66.4 Å². The Morgan fingerprint density at radius 1 is 1.35 bits per heavy atom. The molecule has 1 aromatic carbocycles. The van der Waals surface area contributed by atoms with Crippen molar-refractivity contribution < 1.29 is 13.5 Å². The van der Waals surface area contributed by atoms with E-state index in [0.29, 0.717) is 6.42 Å². The van der Waals surface area contributed by atoms with Gasteiger partial charge in [0, 0.05) is 6.04 Å². The number of benzene rings is 1. The number of rotatable bonds is 5. The van der Waals surface area contributed by atoms with Crippen LogP contribution in [0.1, 0.15) is 25.8 Å². The van der Waals surface area contributed by atoms with Crippen molar-refractivity contribution in [3.8, 4) is 0 Å². The van der Waals surface area contributed by atoms with Gasteiger partial charge in [-0.1, -0.05) is 12.1 Å². The number of aliphatic hydroxyl groups excluding tert-OH is 1. The minimum atomic E-state index is -3.49. The molecular formula is C12H19NO3S. The maximum Gasteiger partial charge on any atom is 0.240 e. The molecule has 0 aliphatic heterocycles. The van der Waals surface area contributed by atoms with Gasteiger partial charge in [0.1, 0.15) is 0 Å². The first kappa shape index (κ1) is 14.2. The minimum Gasteiger partial charge on any atom is -0.393 e. The second kappa shape index (κ2) is 5.62. The molecule has 2 atom stereocenters. The molecule has 1 rings (SSSR count). The highest BCUT2D eigenvalue weighted by Gasteiger charge is 2.18. The summed E-state index contributed by atoms with van der Waals surface area (Å²) in [6.07, 6.45) is -0.129. The van der Waals surface area contributed by atoms with Crippen LogP contribution in [-0.2, 0) is 10.0 Å². The minimum absolute atomic E-state index is 0.259. The predicted octanol–water partition coefficient (Wildman–Crippen LogP) is 1.43. The van der Waals surface area contributed by atoms with Crippen LogP contribution in [0.2, 0.25) is 0 Å². The molecule has 5 heteroatoms. The maximum absolute atomic E-state index is 12.0. The van der Waals surface area contributed by atoms with Crippen molar-refractivity contribution in [3.05, 3.63) is 29.8 Å². The molecule has 2 N–H and O–H groups in total. The van der Waals surface area contributed by atoms with Crippen molar-refractivity contribution in [1.29, 1.82) is 0 Å². The summed E-state index contributed by atoms with van der Waals surface area (Å²) >= 11 is 0. The third-order valence-corrected chi connectivity index (χ3v) is 3.94. The second-order valence-electron chi connectivity index (χ2n) is 4.42. The van der Waals surface area contributed by atoms with E-state index in [4.69, 9.17) is 0 Å². The van der Waals surface area contributed by atoms with Crippen LogP contribution < -0.4 is 4.72 Å². The number of sulfonamides is 1. The van der Waals surface area contributed by atoms with Crippen LogP contribution in [0.5, 0.6) is 0 Å². The number of nitrogens with one attached hydrogen (secondary N) is 1. The Balaban J connectivity index is 2.82. The molecule has 0 aliphatic carbocycles. The van der Waals surface area contributed by atoms with Gasteiger partial charge in [0.25, 0.3) is 0 Å². The lowest BCUT2D eigenvalue weighted by molar-refractivity contribution is 0.175. The SMILES string of the molecule is Cc1cccc(S(=O)(=O)NC(C)CC(C)O)c1. The third kappa shape index (κ3) is 4.46. The molecular weight excluding hydrogens is 238 g/mol. The zero-order valence-corrected chi connectivity index (χ0v) is 11.2. The Hall–Kier alpha value is -0.910. The molecule has 1 aromatic rings. The summed E-state index contributed by atoms with van der Waals surface area (Å²) in [6, 6.07) is 6.45. The summed E-state index contributed by atoms with van der Waals surface area (Å²) in [5, 5.41) is 9.20. The van der Waals surface area contributed by atoms with Gasteiger partial charge in [0.05, 0.1) is 11.0 Å². The van der Waals surface area contributed by atoms with Gasteiger partial charge in [-0.25, -0.2) is 13.1 Å². The van der Waals surface area contributed by atoms with E-state index >= 15 is 0 Å². The molecule has 2 unspecified atom stereocenters. The quantitative estimate of drug-likeness (QED) is 0.838. The van der Waals surface area contributed by atoms with Crippen molar-refractivity contribution in [2.24, 2.45) is 0 Å². The highest BCUT2D eigenvalue weighted by molar-refractivity contribution is 7.89. The molecule has 0 bridgehead atoms. The number of hydrogen-bond donors (Lipinski definition) is 2. The molecule has 96 valence electrons. The lowest BCUT2D eigenvalue weighted by Crippen LogP contribution is -2.34. The summed E-state index contributed by atoms with van der Waals surface area (Å²) in [4.78, 5) is 0.259. The molecule has 0 amide bonds. The molecule has 0 fully saturated rings. The molecule has 0 spiro atoms. The summed E-state index contributed by atoms with van der Waals surface area (Å²) in [5.74, 6) is 0. The van der Waals surface area contributed by atoms with Crippen LogP contribution in [0, 0.1) is 6.92 Å². The van der Waals surface area contributed by atoms with Gasteiger partial charge in [-0.05, 0) is 44.9 Å². The predicted molar refractivity (Wildman–Crippen MR) is 67.3 cm³/mol. The van der Waals surface area contributed by atoms with E-state index in [1.165, 1.54) is 0 Å². The first-order chi connectivity index (χ1) is 7.81. The van der Waals surface area contributed by atoms with E-state index < -0.39 is 16.1 Å². The average Bonchev–Trinajstić information content (AvgIpc) is 2.15. The van der Waals surface area contributed by atoms with Crippen molar-refractivity contribution in [3.63, 3.8) is 0 Å². The number of hydrogen-bond acceptors (Lipinski definition) is 3. The van der Waals surface area contributed by atoms with Crippen LogP contribution >= 0.6 is 0 Å². The van der Waals surface area contributed by atoms with E-state index in [9.17, 15) is 13.5 Å². The van der Waals surface area contributed by atoms with Gasteiger partial charge < -0.3 is 5.11 Å². The van der Waals surface area contributed by atoms with Gasteiger partial charge in [-0.15, -0.1) is 0 Å². The number of aryl methyl sites for hydroxylation is 1. The second-order valence-corrected chi connectivity index (χ2v) is 6.14. The van der Waals surface area contributed by atoms with Crippen molar-refractivity contribution in [2.45, 2.75) is 44.2 Å². The summed E-state index contributed by atoms with van der Waals surface area (Å²) < 4.78 is 26.5. The zero-order valence-electron chi connectivity index (χ0n) is 10.3. The molecule has 17 heavy (non-hydrogen) atoms. The molecule has 0 radical (unpaired) electrons. The van der Waals surface area contributed by atoms with Crippen LogP contribution in [0.25, 0.3) is 0 Å². The van der Waals surface area contributed by atoms with Crippen molar-refractivity contribution in [2.75, 3.05) is 0 Å². The zero-order chi connectivity index (χ0) is 13.1. The van der Waals surface area contributed by atoms with Crippen molar-refractivity contribution >= 4 is 10.0 Å². The summed E-state index contributed by atoms with van der Waals surface area (Å²) in [5.41, 5.74) is 0.899. The fraction of sp³-hybridized carbons (Fsp3) is 0.500. The number of aliphatic hydroxyl groups is 1. The van der Waals surface area contributed by atoms with Crippen LogP contribution in [-0.4, -0.2) is 25.7 Å². The smallest absolute Gasteiger partial charge is 0.240 e. The third-order valence-electron chi connectivity index (χ3n) is 2.35. The van der Waals surface area contributed by atoms with E-state index in [0.717, 1.165) is 5.56 Å². The van der Waals surface area contributed by atoms with Gasteiger partial charge in [0.2, 0.25) is 10.0 Å². The summed E-state index contributed by atoms with van der Waals surface area (Å²) in [7, 11) is -3.49. The Labute approximate surface area is 103 Å².